The molecular weight excluding hydrogens is 428 g/mol. The summed E-state index contributed by atoms with van der Waals surface area (Å²) < 4.78 is 2.24. The zero-order chi connectivity index (χ0) is 24.2. The highest BCUT2D eigenvalue weighted by Gasteiger charge is 2.22. The van der Waals surface area contributed by atoms with Gasteiger partial charge in [-0.3, -0.25) is 4.79 Å². The molecule has 0 radical (unpaired) electrons. The SMILES string of the molecule is Cc1c(C(N)=O)cc(-c2ccc(-c3ccccc3)cc2)n1CC(c1ccccc1)c1ccccc1. The van der Waals surface area contributed by atoms with Crippen LogP contribution in [0, 0.1) is 6.92 Å². The van der Waals surface area contributed by atoms with Crippen LogP contribution < -0.4 is 5.73 Å². The van der Waals surface area contributed by atoms with Gasteiger partial charge >= 0.3 is 0 Å². The lowest BCUT2D eigenvalue weighted by Gasteiger charge is -2.22. The molecule has 3 nitrogen and oxygen atoms in total. The van der Waals surface area contributed by atoms with Crippen molar-refractivity contribution in [2.24, 2.45) is 5.73 Å². The molecule has 0 aliphatic carbocycles. The van der Waals surface area contributed by atoms with Crippen LogP contribution in [0.5, 0.6) is 0 Å². The normalized spacial score (nSPS) is 11.0. The Morgan fingerprint density at radius 3 is 1.66 bits per heavy atom. The summed E-state index contributed by atoms with van der Waals surface area (Å²) in [5, 5.41) is 0. The van der Waals surface area contributed by atoms with Crippen LogP contribution in [0.2, 0.25) is 0 Å². The van der Waals surface area contributed by atoms with E-state index in [-0.39, 0.29) is 5.92 Å². The number of nitrogens with zero attached hydrogens (tertiary/aromatic N) is 1. The first-order valence-corrected chi connectivity index (χ1v) is 11.9. The van der Waals surface area contributed by atoms with Gasteiger partial charge in [-0.15, -0.1) is 0 Å². The molecule has 0 bridgehead atoms. The monoisotopic (exact) mass is 456 g/mol. The molecule has 3 heteroatoms. The van der Waals surface area contributed by atoms with Gasteiger partial charge < -0.3 is 10.3 Å². The molecule has 4 aromatic carbocycles. The second kappa shape index (κ2) is 9.86. The van der Waals surface area contributed by atoms with Gasteiger partial charge in [-0.25, -0.2) is 0 Å². The molecule has 0 aliphatic rings. The van der Waals surface area contributed by atoms with Gasteiger partial charge in [-0.1, -0.05) is 115 Å². The van der Waals surface area contributed by atoms with Crippen molar-refractivity contribution < 1.29 is 4.79 Å². The Morgan fingerprint density at radius 1 is 0.686 bits per heavy atom. The molecule has 0 spiro atoms. The van der Waals surface area contributed by atoms with E-state index in [9.17, 15) is 4.79 Å². The maximum Gasteiger partial charge on any atom is 0.250 e. The number of carbonyl (C=O) groups excluding carboxylic acids is 1. The fraction of sp³-hybridized carbons (Fsp3) is 0.0938. The largest absolute Gasteiger partial charge is 0.366 e. The van der Waals surface area contributed by atoms with Crippen molar-refractivity contribution in [3.63, 3.8) is 0 Å². The third kappa shape index (κ3) is 4.67. The smallest absolute Gasteiger partial charge is 0.250 e. The van der Waals surface area contributed by atoms with E-state index in [1.807, 2.05) is 43.3 Å². The van der Waals surface area contributed by atoms with Gasteiger partial charge in [0.25, 0.3) is 5.91 Å². The van der Waals surface area contributed by atoms with E-state index in [1.165, 1.54) is 16.7 Å². The molecule has 0 fully saturated rings. The summed E-state index contributed by atoms with van der Waals surface area (Å²) in [7, 11) is 0. The van der Waals surface area contributed by atoms with Gasteiger partial charge in [0.2, 0.25) is 0 Å². The number of benzene rings is 4. The summed E-state index contributed by atoms with van der Waals surface area (Å²) in [6, 6.07) is 41.8. The van der Waals surface area contributed by atoms with Crippen LogP contribution in [0.4, 0.5) is 0 Å². The lowest BCUT2D eigenvalue weighted by Crippen LogP contribution is -2.15. The van der Waals surface area contributed by atoms with Crippen molar-refractivity contribution in [2.45, 2.75) is 19.4 Å². The molecule has 1 heterocycles. The van der Waals surface area contributed by atoms with Gasteiger partial charge in [0.15, 0.2) is 0 Å². The van der Waals surface area contributed by atoms with Gasteiger partial charge in [0, 0.05) is 23.9 Å². The highest BCUT2D eigenvalue weighted by Crippen LogP contribution is 2.33. The molecule has 1 amide bonds. The molecule has 0 aliphatic heterocycles. The Balaban J connectivity index is 1.59. The van der Waals surface area contributed by atoms with Crippen molar-refractivity contribution >= 4 is 5.91 Å². The number of carbonyl (C=O) groups is 1. The Labute approximate surface area is 206 Å². The van der Waals surface area contributed by atoms with E-state index >= 15 is 0 Å². The number of hydrogen-bond donors (Lipinski definition) is 1. The zero-order valence-corrected chi connectivity index (χ0v) is 19.8. The van der Waals surface area contributed by atoms with Crippen LogP contribution >= 0.6 is 0 Å². The molecule has 1 aromatic heterocycles. The summed E-state index contributed by atoms with van der Waals surface area (Å²) >= 11 is 0. The predicted molar refractivity (Wildman–Crippen MR) is 143 cm³/mol. The van der Waals surface area contributed by atoms with E-state index in [2.05, 4.69) is 89.5 Å². The van der Waals surface area contributed by atoms with E-state index < -0.39 is 5.91 Å². The molecule has 35 heavy (non-hydrogen) atoms. The van der Waals surface area contributed by atoms with Gasteiger partial charge in [0.1, 0.15) is 0 Å². The second-order valence-electron chi connectivity index (χ2n) is 8.82. The van der Waals surface area contributed by atoms with Gasteiger partial charge in [-0.2, -0.15) is 0 Å². The van der Waals surface area contributed by atoms with Crippen molar-refractivity contribution in [2.75, 3.05) is 0 Å². The van der Waals surface area contributed by atoms with E-state index in [4.69, 9.17) is 5.73 Å². The van der Waals surface area contributed by atoms with Crippen LogP contribution in [0.3, 0.4) is 0 Å². The second-order valence-corrected chi connectivity index (χ2v) is 8.82. The first kappa shape index (κ1) is 22.4. The first-order chi connectivity index (χ1) is 17.1. The molecule has 2 N–H and O–H groups in total. The maximum absolute atomic E-state index is 12.3. The highest BCUT2D eigenvalue weighted by molar-refractivity contribution is 5.95. The van der Waals surface area contributed by atoms with Crippen LogP contribution in [-0.4, -0.2) is 10.5 Å². The number of rotatable bonds is 7. The quantitative estimate of drug-likeness (QED) is 0.280. The minimum absolute atomic E-state index is 0.131. The molecule has 0 unspecified atom stereocenters. The van der Waals surface area contributed by atoms with Gasteiger partial charge in [-0.05, 0) is 40.8 Å². The summed E-state index contributed by atoms with van der Waals surface area (Å²) in [5.74, 6) is -0.272. The van der Waals surface area contributed by atoms with Crippen LogP contribution in [0.1, 0.15) is 33.1 Å². The van der Waals surface area contributed by atoms with Crippen LogP contribution in [0.15, 0.2) is 121 Å². The number of nitrogens with two attached hydrogens (primary N) is 1. The Bertz CT molecular complexity index is 1380. The first-order valence-electron chi connectivity index (χ1n) is 11.9. The molecular formula is C32H28N2O. The standard InChI is InChI=1S/C32H28N2O/c1-23-29(32(33)35)21-31(28-19-17-25(18-20-28)24-11-5-2-6-12-24)34(23)22-30(26-13-7-3-8-14-26)27-15-9-4-10-16-27/h2-21,30H,22H2,1H3,(H2,33,35). The van der Waals surface area contributed by atoms with Crippen molar-refractivity contribution in [1.82, 2.24) is 4.57 Å². The number of aromatic nitrogens is 1. The highest BCUT2D eigenvalue weighted by atomic mass is 16.1. The lowest BCUT2D eigenvalue weighted by molar-refractivity contribution is 0.0999. The van der Waals surface area contributed by atoms with E-state index in [0.717, 1.165) is 22.5 Å². The summed E-state index contributed by atoms with van der Waals surface area (Å²) in [6.07, 6.45) is 0. The molecule has 5 aromatic rings. The van der Waals surface area contributed by atoms with Crippen LogP contribution in [0.25, 0.3) is 22.4 Å². The zero-order valence-electron chi connectivity index (χ0n) is 19.8. The van der Waals surface area contributed by atoms with Crippen molar-refractivity contribution in [1.29, 1.82) is 0 Å². The fourth-order valence-electron chi connectivity index (χ4n) is 4.79. The summed E-state index contributed by atoms with van der Waals surface area (Å²) in [6.45, 7) is 2.68. The number of amides is 1. The molecule has 172 valence electrons. The third-order valence-corrected chi connectivity index (χ3v) is 6.69. The fourth-order valence-corrected chi connectivity index (χ4v) is 4.79. The minimum Gasteiger partial charge on any atom is -0.366 e. The van der Waals surface area contributed by atoms with Gasteiger partial charge in [0.05, 0.1) is 5.56 Å². The van der Waals surface area contributed by atoms with Crippen molar-refractivity contribution in [3.8, 4) is 22.4 Å². The topological polar surface area (TPSA) is 48.0 Å². The molecule has 5 rings (SSSR count). The van der Waals surface area contributed by atoms with E-state index in [0.29, 0.717) is 12.1 Å². The Hall–Kier alpha value is -4.37. The maximum atomic E-state index is 12.3. The Kier molecular flexibility index (Phi) is 6.32. The van der Waals surface area contributed by atoms with Crippen molar-refractivity contribution in [3.05, 3.63) is 144 Å². The number of primary amides is 1. The van der Waals surface area contributed by atoms with Crippen LogP contribution in [-0.2, 0) is 6.54 Å². The minimum atomic E-state index is -0.403. The van der Waals surface area contributed by atoms with E-state index in [1.54, 1.807) is 0 Å². The molecule has 0 saturated heterocycles. The molecule has 0 saturated carbocycles. The molecule has 0 atom stereocenters. The third-order valence-electron chi connectivity index (χ3n) is 6.69. The summed E-state index contributed by atoms with van der Waals surface area (Å²) in [5.41, 5.74) is 14.1. The summed E-state index contributed by atoms with van der Waals surface area (Å²) in [4.78, 5) is 12.3. The Morgan fingerprint density at radius 2 is 1.14 bits per heavy atom. The number of hydrogen-bond acceptors (Lipinski definition) is 1. The average Bonchev–Trinajstić information content (AvgIpc) is 3.25. The lowest BCUT2D eigenvalue weighted by atomic mass is 9.91. The predicted octanol–water partition coefficient (Wildman–Crippen LogP) is 7.06. The average molecular weight is 457 g/mol.